The summed E-state index contributed by atoms with van der Waals surface area (Å²) in [6.45, 7) is 6.29. The van der Waals surface area contributed by atoms with Gasteiger partial charge in [0.05, 0.1) is 6.54 Å². The fourth-order valence-electron chi connectivity index (χ4n) is 2.73. The Kier molecular flexibility index (Phi) is 2.68. The van der Waals surface area contributed by atoms with E-state index in [4.69, 9.17) is 0 Å². The maximum Gasteiger partial charge on any atom is 0.243 e. The summed E-state index contributed by atoms with van der Waals surface area (Å²) in [5.41, 5.74) is -0.171. The third kappa shape index (κ3) is 1.70. The van der Waals surface area contributed by atoms with Gasteiger partial charge in [-0.05, 0) is 39.0 Å². The Hall–Kier alpha value is -1.06. The Bertz CT molecular complexity index is 321. The predicted octanol–water partition coefficient (Wildman–Crippen LogP) is 0.912. The average Bonchev–Trinajstić information content (AvgIpc) is 3.04. The van der Waals surface area contributed by atoms with Crippen molar-refractivity contribution in [3.63, 3.8) is 0 Å². The molecule has 2 rings (SSSR count). The van der Waals surface area contributed by atoms with Crippen molar-refractivity contribution in [1.82, 2.24) is 10.2 Å². The van der Waals surface area contributed by atoms with Crippen molar-refractivity contribution >= 4 is 11.8 Å². The fourth-order valence-corrected chi connectivity index (χ4v) is 2.73. The summed E-state index contributed by atoms with van der Waals surface area (Å²) in [6, 6.07) is -0.281. The van der Waals surface area contributed by atoms with E-state index < -0.39 is 0 Å². The second kappa shape index (κ2) is 3.75. The van der Waals surface area contributed by atoms with E-state index in [2.05, 4.69) is 19.2 Å². The third-order valence-corrected chi connectivity index (χ3v) is 3.88. The molecule has 1 aliphatic heterocycles. The van der Waals surface area contributed by atoms with Crippen molar-refractivity contribution in [3.8, 4) is 0 Å². The van der Waals surface area contributed by atoms with Crippen LogP contribution in [0.5, 0.6) is 0 Å². The molecule has 1 aliphatic carbocycles. The zero-order valence-corrected chi connectivity index (χ0v) is 10.2. The van der Waals surface area contributed by atoms with Crippen LogP contribution in [0.1, 0.15) is 40.0 Å². The van der Waals surface area contributed by atoms with Crippen LogP contribution in [0.15, 0.2) is 0 Å². The molecule has 16 heavy (non-hydrogen) atoms. The lowest BCUT2D eigenvalue weighted by atomic mass is 9.91. The van der Waals surface area contributed by atoms with E-state index in [0.29, 0.717) is 12.3 Å². The Balaban J connectivity index is 2.26. The Morgan fingerprint density at radius 2 is 2.00 bits per heavy atom. The lowest BCUT2D eigenvalue weighted by molar-refractivity contribution is -0.153. The minimum atomic E-state index is -0.281. The molecule has 1 heterocycles. The fraction of sp³-hybridized carbons (Fsp3) is 0.833. The van der Waals surface area contributed by atoms with Gasteiger partial charge in [-0.25, -0.2) is 0 Å². The quantitative estimate of drug-likeness (QED) is 0.774. The number of rotatable bonds is 3. The molecule has 4 nitrogen and oxygen atoms in total. The van der Waals surface area contributed by atoms with Crippen LogP contribution in [0.2, 0.25) is 0 Å². The van der Waals surface area contributed by atoms with Crippen molar-refractivity contribution < 1.29 is 9.59 Å². The minimum Gasteiger partial charge on any atom is -0.345 e. The van der Waals surface area contributed by atoms with Crippen molar-refractivity contribution in [2.24, 2.45) is 5.92 Å². The van der Waals surface area contributed by atoms with E-state index in [1.165, 1.54) is 12.8 Å². The van der Waals surface area contributed by atoms with Gasteiger partial charge in [-0.1, -0.05) is 6.92 Å². The number of hydrogen-bond acceptors (Lipinski definition) is 2. The lowest BCUT2D eigenvalue weighted by Gasteiger charge is -2.45. The van der Waals surface area contributed by atoms with E-state index in [1.54, 1.807) is 0 Å². The van der Waals surface area contributed by atoms with Crippen LogP contribution in [0.4, 0.5) is 0 Å². The first-order valence-corrected chi connectivity index (χ1v) is 6.08. The van der Waals surface area contributed by atoms with E-state index in [9.17, 15) is 9.59 Å². The lowest BCUT2D eigenvalue weighted by Crippen LogP contribution is -2.65. The van der Waals surface area contributed by atoms with Gasteiger partial charge in [-0.15, -0.1) is 0 Å². The summed E-state index contributed by atoms with van der Waals surface area (Å²) in [5.74, 6) is 0.621. The molecule has 0 aromatic rings. The number of nitrogens with zero attached hydrogens (tertiary/aromatic N) is 1. The van der Waals surface area contributed by atoms with Gasteiger partial charge in [-0.3, -0.25) is 9.59 Å². The molecule has 0 aromatic heterocycles. The van der Waals surface area contributed by atoms with Crippen LogP contribution in [0.3, 0.4) is 0 Å². The zero-order chi connectivity index (χ0) is 11.9. The van der Waals surface area contributed by atoms with Crippen LogP contribution in [-0.2, 0) is 9.59 Å². The topological polar surface area (TPSA) is 49.4 Å². The van der Waals surface area contributed by atoms with Gasteiger partial charge in [-0.2, -0.15) is 0 Å². The highest BCUT2D eigenvalue weighted by Crippen LogP contribution is 2.44. The predicted molar refractivity (Wildman–Crippen MR) is 60.7 cm³/mol. The Morgan fingerprint density at radius 1 is 1.38 bits per heavy atom. The number of hydrogen-bond donors (Lipinski definition) is 1. The van der Waals surface area contributed by atoms with Gasteiger partial charge in [0.15, 0.2) is 0 Å². The van der Waals surface area contributed by atoms with Crippen molar-refractivity contribution in [2.45, 2.75) is 51.6 Å². The Labute approximate surface area is 96.4 Å². The highest BCUT2D eigenvalue weighted by molar-refractivity contribution is 5.95. The molecule has 0 radical (unpaired) electrons. The highest BCUT2D eigenvalue weighted by Gasteiger charge is 2.49. The summed E-state index contributed by atoms with van der Waals surface area (Å²) in [7, 11) is 0. The molecule has 2 amide bonds. The maximum atomic E-state index is 12.0. The monoisotopic (exact) mass is 224 g/mol. The van der Waals surface area contributed by atoms with Gasteiger partial charge in [0.1, 0.15) is 6.04 Å². The normalized spacial score (nSPS) is 26.9. The van der Waals surface area contributed by atoms with Gasteiger partial charge in [0, 0.05) is 5.54 Å². The molecule has 1 saturated heterocycles. The smallest absolute Gasteiger partial charge is 0.243 e. The van der Waals surface area contributed by atoms with Crippen LogP contribution < -0.4 is 5.32 Å². The van der Waals surface area contributed by atoms with Crippen molar-refractivity contribution in [3.05, 3.63) is 0 Å². The average molecular weight is 224 g/mol. The number of piperazine rings is 1. The highest BCUT2D eigenvalue weighted by atomic mass is 16.2. The summed E-state index contributed by atoms with van der Waals surface area (Å²) >= 11 is 0. The van der Waals surface area contributed by atoms with Crippen LogP contribution in [0.25, 0.3) is 0 Å². The molecule has 2 fully saturated rings. The second-order valence-electron chi connectivity index (χ2n) is 5.33. The molecule has 1 atom stereocenters. The second-order valence-corrected chi connectivity index (χ2v) is 5.33. The van der Waals surface area contributed by atoms with Crippen LogP contribution in [0, 0.1) is 5.92 Å². The van der Waals surface area contributed by atoms with Gasteiger partial charge < -0.3 is 10.2 Å². The standard InChI is InChI=1S/C12H20N2O2/c1-4-9-11(16)13-7-10(15)14(9)12(2,3)8-5-6-8/h8-9H,4-7H2,1-3H3,(H,13,16). The van der Waals surface area contributed by atoms with Gasteiger partial charge in [0.2, 0.25) is 11.8 Å². The number of carbonyl (C=O) groups is 2. The molecule has 4 heteroatoms. The largest absolute Gasteiger partial charge is 0.345 e. The van der Waals surface area contributed by atoms with E-state index in [1.807, 2.05) is 11.8 Å². The molecule has 1 N–H and O–H groups in total. The molecular formula is C12H20N2O2. The van der Waals surface area contributed by atoms with Gasteiger partial charge in [0.25, 0.3) is 0 Å². The van der Waals surface area contributed by atoms with Gasteiger partial charge >= 0.3 is 0 Å². The number of amides is 2. The molecule has 2 aliphatic rings. The molecule has 1 saturated carbocycles. The number of nitrogens with one attached hydrogen (secondary N) is 1. The van der Waals surface area contributed by atoms with E-state index in [-0.39, 0.29) is 29.9 Å². The molecule has 0 bridgehead atoms. The summed E-state index contributed by atoms with van der Waals surface area (Å²) in [4.78, 5) is 25.6. The first kappa shape index (κ1) is 11.4. The molecular weight excluding hydrogens is 204 g/mol. The maximum absolute atomic E-state index is 12.0. The SMILES string of the molecule is CCC1C(=O)NCC(=O)N1C(C)(C)C1CC1. The first-order valence-electron chi connectivity index (χ1n) is 6.08. The Morgan fingerprint density at radius 3 is 2.50 bits per heavy atom. The first-order chi connectivity index (χ1) is 7.48. The summed E-state index contributed by atoms with van der Waals surface area (Å²) in [5, 5.41) is 2.66. The molecule has 0 aromatic carbocycles. The molecule has 90 valence electrons. The van der Waals surface area contributed by atoms with Crippen molar-refractivity contribution in [2.75, 3.05) is 6.54 Å². The van der Waals surface area contributed by atoms with E-state index in [0.717, 1.165) is 0 Å². The zero-order valence-electron chi connectivity index (χ0n) is 10.2. The van der Waals surface area contributed by atoms with E-state index >= 15 is 0 Å². The molecule has 1 unspecified atom stereocenters. The number of carbonyl (C=O) groups excluding carboxylic acids is 2. The van der Waals surface area contributed by atoms with Crippen LogP contribution >= 0.6 is 0 Å². The summed E-state index contributed by atoms with van der Waals surface area (Å²) < 4.78 is 0. The third-order valence-electron chi connectivity index (χ3n) is 3.88. The minimum absolute atomic E-state index is 0.00387. The summed E-state index contributed by atoms with van der Waals surface area (Å²) in [6.07, 6.45) is 3.04. The van der Waals surface area contributed by atoms with Crippen LogP contribution in [-0.4, -0.2) is 34.8 Å². The van der Waals surface area contributed by atoms with Crippen molar-refractivity contribution in [1.29, 1.82) is 0 Å². The molecule has 0 spiro atoms.